The summed E-state index contributed by atoms with van der Waals surface area (Å²) in [6.07, 6.45) is 0. The highest BCUT2D eigenvalue weighted by Gasteiger charge is 2.20. The lowest BCUT2D eigenvalue weighted by atomic mass is 10.1. The van der Waals surface area contributed by atoms with Crippen LogP contribution in [-0.4, -0.2) is 31.6 Å². The van der Waals surface area contributed by atoms with E-state index in [-0.39, 0.29) is 5.71 Å². The lowest BCUT2D eigenvalue weighted by Gasteiger charge is -2.09. The van der Waals surface area contributed by atoms with Gasteiger partial charge in [-0.1, -0.05) is 52.3 Å². The lowest BCUT2D eigenvalue weighted by molar-refractivity contribution is -0.132. The number of nitrogens with zero attached hydrogens (tertiary/aromatic N) is 2. The number of benzene rings is 2. The van der Waals surface area contributed by atoms with Gasteiger partial charge in [0.2, 0.25) is 0 Å². The average Bonchev–Trinajstić information content (AvgIpc) is 2.64. The van der Waals surface area contributed by atoms with E-state index in [1.165, 1.54) is 14.2 Å². The molecular weight excluding hydrogens is 320 g/mol. The van der Waals surface area contributed by atoms with Crippen LogP contribution in [0.5, 0.6) is 5.75 Å². The Balaban J connectivity index is 2.33. The van der Waals surface area contributed by atoms with Crippen molar-refractivity contribution in [1.29, 1.82) is 0 Å². The molecule has 130 valence electrons. The van der Waals surface area contributed by atoms with Crippen molar-refractivity contribution in [1.82, 2.24) is 0 Å². The molecule has 0 aliphatic carbocycles. The van der Waals surface area contributed by atoms with E-state index in [0.717, 1.165) is 11.1 Å². The van der Waals surface area contributed by atoms with Gasteiger partial charge in [0.05, 0.1) is 18.4 Å². The molecule has 0 amide bonds. The Hall–Kier alpha value is -3.15. The number of rotatable bonds is 6. The molecule has 0 bridgehead atoms. The zero-order chi connectivity index (χ0) is 18.2. The number of methoxy groups -OCH3 is 1. The van der Waals surface area contributed by atoms with Crippen molar-refractivity contribution in [3.63, 3.8) is 0 Å². The molecule has 0 saturated heterocycles. The first-order valence-electron chi connectivity index (χ1n) is 7.64. The second kappa shape index (κ2) is 8.63. The standard InChI is InChI=1S/C19H20N2O4/c1-13-8-7-9-15(12-13)14(2)20-25-17-11-6-5-10-16(17)18(21-24-4)19(22)23-3/h5-12H,1-4H3/b20-14+,21-18+. The van der Waals surface area contributed by atoms with E-state index in [0.29, 0.717) is 17.0 Å². The maximum absolute atomic E-state index is 11.9. The number of oxime groups is 2. The normalized spacial score (nSPS) is 11.8. The third-order valence-corrected chi connectivity index (χ3v) is 3.42. The second-order valence-corrected chi connectivity index (χ2v) is 5.25. The Kier molecular flexibility index (Phi) is 6.28. The van der Waals surface area contributed by atoms with E-state index < -0.39 is 5.97 Å². The Bertz CT molecular complexity index is 813. The number of hydrogen-bond acceptors (Lipinski definition) is 6. The van der Waals surface area contributed by atoms with Crippen molar-refractivity contribution in [2.24, 2.45) is 10.3 Å². The first-order valence-corrected chi connectivity index (χ1v) is 7.64. The molecule has 0 fully saturated rings. The Morgan fingerprint density at radius 3 is 2.44 bits per heavy atom. The number of para-hydroxylation sites is 1. The molecule has 0 atom stereocenters. The predicted molar refractivity (Wildman–Crippen MR) is 96.0 cm³/mol. The minimum absolute atomic E-state index is 0.00371. The summed E-state index contributed by atoms with van der Waals surface area (Å²) in [5.74, 6) is -0.256. The van der Waals surface area contributed by atoms with Crippen molar-refractivity contribution in [2.45, 2.75) is 13.8 Å². The molecule has 6 nitrogen and oxygen atoms in total. The van der Waals surface area contributed by atoms with Crippen molar-refractivity contribution in [3.05, 3.63) is 65.2 Å². The van der Waals surface area contributed by atoms with Crippen LogP contribution < -0.4 is 4.84 Å². The first-order chi connectivity index (χ1) is 12.1. The molecule has 0 spiro atoms. The topological polar surface area (TPSA) is 69.5 Å². The zero-order valence-corrected chi connectivity index (χ0v) is 14.6. The second-order valence-electron chi connectivity index (χ2n) is 5.25. The van der Waals surface area contributed by atoms with Gasteiger partial charge in [0.25, 0.3) is 0 Å². The average molecular weight is 340 g/mol. The fourth-order valence-electron chi connectivity index (χ4n) is 2.17. The van der Waals surface area contributed by atoms with Gasteiger partial charge in [0, 0.05) is 0 Å². The third-order valence-electron chi connectivity index (χ3n) is 3.42. The van der Waals surface area contributed by atoms with Gasteiger partial charge in [0.15, 0.2) is 11.5 Å². The predicted octanol–water partition coefficient (Wildman–Crippen LogP) is 3.32. The van der Waals surface area contributed by atoms with Crippen molar-refractivity contribution in [2.75, 3.05) is 14.2 Å². The molecule has 0 aliphatic heterocycles. The molecule has 0 unspecified atom stereocenters. The Labute approximate surface area is 146 Å². The fourth-order valence-corrected chi connectivity index (χ4v) is 2.17. The number of carbonyl (C=O) groups excluding carboxylic acids is 1. The monoisotopic (exact) mass is 340 g/mol. The number of esters is 1. The van der Waals surface area contributed by atoms with Gasteiger partial charge < -0.3 is 14.4 Å². The third kappa shape index (κ3) is 4.67. The van der Waals surface area contributed by atoms with Crippen molar-refractivity contribution >= 4 is 17.4 Å². The summed E-state index contributed by atoms with van der Waals surface area (Å²) < 4.78 is 4.74. The van der Waals surface area contributed by atoms with E-state index in [1.807, 2.05) is 38.1 Å². The van der Waals surface area contributed by atoms with Gasteiger partial charge in [0.1, 0.15) is 7.11 Å². The van der Waals surface area contributed by atoms with Gasteiger partial charge in [-0.25, -0.2) is 4.79 Å². The molecule has 0 radical (unpaired) electrons. The lowest BCUT2D eigenvalue weighted by Crippen LogP contribution is -2.18. The number of carbonyl (C=O) groups is 1. The minimum atomic E-state index is -0.628. The van der Waals surface area contributed by atoms with Crippen LogP contribution >= 0.6 is 0 Å². The van der Waals surface area contributed by atoms with Crippen LogP contribution in [0.1, 0.15) is 23.6 Å². The smallest absolute Gasteiger partial charge is 0.360 e. The molecule has 2 aromatic carbocycles. The summed E-state index contributed by atoms with van der Waals surface area (Å²) in [5.41, 5.74) is 3.23. The maximum Gasteiger partial charge on any atom is 0.360 e. The summed E-state index contributed by atoms with van der Waals surface area (Å²) in [4.78, 5) is 22.2. The summed E-state index contributed by atoms with van der Waals surface area (Å²) >= 11 is 0. The van der Waals surface area contributed by atoms with Gasteiger partial charge >= 0.3 is 5.97 Å². The molecule has 0 heterocycles. The van der Waals surface area contributed by atoms with Crippen LogP contribution in [0, 0.1) is 6.92 Å². The highest BCUT2D eigenvalue weighted by atomic mass is 16.6. The molecule has 6 heteroatoms. The number of hydrogen-bond donors (Lipinski definition) is 0. The Morgan fingerprint density at radius 2 is 1.76 bits per heavy atom. The summed E-state index contributed by atoms with van der Waals surface area (Å²) in [6.45, 7) is 3.86. The van der Waals surface area contributed by atoms with E-state index in [1.54, 1.807) is 24.3 Å². The highest BCUT2D eigenvalue weighted by molar-refractivity contribution is 6.43. The van der Waals surface area contributed by atoms with Crippen LogP contribution in [0.3, 0.4) is 0 Å². The van der Waals surface area contributed by atoms with Gasteiger partial charge in [-0.15, -0.1) is 0 Å². The van der Waals surface area contributed by atoms with Gasteiger partial charge in [-0.05, 0) is 31.5 Å². The van der Waals surface area contributed by atoms with E-state index in [4.69, 9.17) is 14.4 Å². The molecule has 25 heavy (non-hydrogen) atoms. The van der Waals surface area contributed by atoms with Crippen LogP contribution in [-0.2, 0) is 14.4 Å². The molecule has 0 aromatic heterocycles. The Morgan fingerprint density at radius 1 is 1.00 bits per heavy atom. The molecule has 0 aliphatic rings. The maximum atomic E-state index is 11.9. The SMILES string of the molecule is CO/N=C(/C(=O)OC)c1ccccc1O/N=C(\C)c1cccc(C)c1. The van der Waals surface area contributed by atoms with E-state index in [2.05, 4.69) is 10.3 Å². The summed E-state index contributed by atoms with van der Waals surface area (Å²) in [7, 11) is 2.63. The minimum Gasteiger partial charge on any atom is -0.464 e. The van der Waals surface area contributed by atoms with Gasteiger partial charge in [-0.2, -0.15) is 0 Å². The molecule has 2 rings (SSSR count). The van der Waals surface area contributed by atoms with Gasteiger partial charge in [-0.3, -0.25) is 0 Å². The molecule has 2 aromatic rings. The number of ether oxygens (including phenoxy) is 1. The van der Waals surface area contributed by atoms with Crippen LogP contribution in [0.25, 0.3) is 0 Å². The van der Waals surface area contributed by atoms with E-state index in [9.17, 15) is 4.79 Å². The molecule has 0 N–H and O–H groups in total. The summed E-state index contributed by atoms with van der Waals surface area (Å²) in [5, 5.41) is 7.90. The van der Waals surface area contributed by atoms with E-state index >= 15 is 0 Å². The summed E-state index contributed by atoms with van der Waals surface area (Å²) in [6, 6.07) is 14.8. The zero-order valence-electron chi connectivity index (χ0n) is 14.6. The first kappa shape index (κ1) is 18.2. The largest absolute Gasteiger partial charge is 0.464 e. The van der Waals surface area contributed by atoms with Crippen LogP contribution in [0.2, 0.25) is 0 Å². The molecule has 0 saturated carbocycles. The van der Waals surface area contributed by atoms with Crippen molar-refractivity contribution in [3.8, 4) is 5.75 Å². The molecular formula is C19H20N2O4. The number of aryl methyl sites for hydroxylation is 1. The van der Waals surface area contributed by atoms with Crippen LogP contribution in [0.4, 0.5) is 0 Å². The van der Waals surface area contributed by atoms with Crippen LogP contribution in [0.15, 0.2) is 58.8 Å². The fraction of sp³-hybridized carbons (Fsp3) is 0.211. The van der Waals surface area contributed by atoms with Crippen molar-refractivity contribution < 1.29 is 19.2 Å². The quantitative estimate of drug-likeness (QED) is 0.459. The highest BCUT2D eigenvalue weighted by Crippen LogP contribution is 2.20.